The van der Waals surface area contributed by atoms with Crippen LogP contribution in [0.25, 0.3) is 11.0 Å². The van der Waals surface area contributed by atoms with Crippen molar-refractivity contribution in [3.8, 4) is 0 Å². The van der Waals surface area contributed by atoms with Crippen molar-refractivity contribution in [2.75, 3.05) is 18.6 Å². The summed E-state index contributed by atoms with van der Waals surface area (Å²) in [7, 11) is 0. The Kier molecular flexibility index (Phi) is 8.59. The third-order valence-corrected chi connectivity index (χ3v) is 4.45. The van der Waals surface area contributed by atoms with E-state index in [-0.39, 0.29) is 18.3 Å². The number of carbonyl (C=O) groups is 1. The molecule has 1 aromatic carbocycles. The molecule has 7 heteroatoms. The molecule has 0 saturated carbocycles. The van der Waals surface area contributed by atoms with Gasteiger partial charge in [0.05, 0.1) is 17.1 Å². The van der Waals surface area contributed by atoms with E-state index < -0.39 is 6.04 Å². The summed E-state index contributed by atoms with van der Waals surface area (Å²) in [5.41, 5.74) is 8.01. The van der Waals surface area contributed by atoms with E-state index in [2.05, 4.69) is 29.8 Å². The summed E-state index contributed by atoms with van der Waals surface area (Å²) < 4.78 is 2.23. The van der Waals surface area contributed by atoms with Gasteiger partial charge in [-0.2, -0.15) is 11.8 Å². The molecule has 0 spiro atoms. The van der Waals surface area contributed by atoms with Crippen molar-refractivity contribution in [1.29, 1.82) is 0 Å². The Labute approximate surface area is 154 Å². The summed E-state index contributed by atoms with van der Waals surface area (Å²) in [6.45, 7) is 4.85. The number of rotatable bonds is 8. The van der Waals surface area contributed by atoms with Crippen LogP contribution in [0.2, 0.25) is 0 Å². The minimum absolute atomic E-state index is 0. The predicted octanol–water partition coefficient (Wildman–Crippen LogP) is 2.78. The highest BCUT2D eigenvalue weighted by atomic mass is 35.5. The molecule has 5 nitrogen and oxygen atoms in total. The highest BCUT2D eigenvalue weighted by molar-refractivity contribution is 7.98. The molecular weight excluding hydrogens is 344 g/mol. The van der Waals surface area contributed by atoms with E-state index in [0.29, 0.717) is 25.4 Å². The van der Waals surface area contributed by atoms with Crippen LogP contribution in [0.15, 0.2) is 24.3 Å². The fraction of sp³-hybridized carbons (Fsp3) is 0.529. The van der Waals surface area contributed by atoms with Gasteiger partial charge >= 0.3 is 0 Å². The van der Waals surface area contributed by atoms with Crippen LogP contribution >= 0.6 is 24.2 Å². The highest BCUT2D eigenvalue weighted by Crippen LogP contribution is 2.20. The summed E-state index contributed by atoms with van der Waals surface area (Å²) in [4.78, 5) is 16.7. The number of nitrogens with zero attached hydrogens (tertiary/aromatic N) is 2. The molecule has 1 aromatic heterocycles. The van der Waals surface area contributed by atoms with Gasteiger partial charge in [0.2, 0.25) is 5.91 Å². The van der Waals surface area contributed by atoms with Crippen molar-refractivity contribution in [2.45, 2.75) is 38.8 Å². The molecule has 24 heavy (non-hydrogen) atoms. The standard InChI is InChI=1S/C17H26N4OS.ClH/c1-12(2)21-15-7-5-4-6-14(15)20-16(21)8-10-19-17(22)13(18)9-11-23-3;/h4-7,12-13H,8-11,18H2,1-3H3,(H,19,22);1H/t13-;/m0./s1. The first-order chi connectivity index (χ1) is 11.0. The zero-order chi connectivity index (χ0) is 16.8. The van der Waals surface area contributed by atoms with Gasteiger partial charge in [-0.05, 0) is 44.4 Å². The first kappa shape index (κ1) is 20.8. The summed E-state index contributed by atoms with van der Waals surface area (Å²) in [6.07, 6.45) is 3.42. The molecule has 0 aliphatic carbocycles. The number of nitrogens with one attached hydrogen (secondary N) is 1. The van der Waals surface area contributed by atoms with Crippen molar-refractivity contribution in [2.24, 2.45) is 5.73 Å². The topological polar surface area (TPSA) is 72.9 Å². The molecule has 1 heterocycles. The molecule has 2 aromatic rings. The fourth-order valence-electron chi connectivity index (χ4n) is 2.65. The quantitative estimate of drug-likeness (QED) is 0.749. The number of nitrogens with two attached hydrogens (primary N) is 1. The minimum atomic E-state index is -0.425. The number of amides is 1. The van der Waals surface area contributed by atoms with E-state index in [1.807, 2.05) is 24.5 Å². The molecule has 0 unspecified atom stereocenters. The van der Waals surface area contributed by atoms with Gasteiger partial charge in [0, 0.05) is 19.0 Å². The van der Waals surface area contributed by atoms with Gasteiger partial charge in [-0.1, -0.05) is 12.1 Å². The SMILES string of the molecule is CSCC[C@H](N)C(=O)NCCc1nc2ccccc2n1C(C)C.Cl. The lowest BCUT2D eigenvalue weighted by Crippen LogP contribution is -2.41. The molecule has 0 radical (unpaired) electrons. The molecule has 1 amide bonds. The summed E-state index contributed by atoms with van der Waals surface area (Å²) >= 11 is 1.70. The Morgan fingerprint density at radius 3 is 2.75 bits per heavy atom. The number of hydrogen-bond acceptors (Lipinski definition) is 4. The number of aromatic nitrogens is 2. The van der Waals surface area contributed by atoms with Gasteiger partial charge in [0.15, 0.2) is 0 Å². The summed E-state index contributed by atoms with van der Waals surface area (Å²) in [6, 6.07) is 8.04. The molecular formula is C17H27ClN4OS. The maximum Gasteiger partial charge on any atom is 0.236 e. The molecule has 3 N–H and O–H groups in total. The number of fused-ring (bicyclic) bond motifs is 1. The van der Waals surface area contributed by atoms with E-state index in [9.17, 15) is 4.79 Å². The molecule has 0 aliphatic rings. The maximum absolute atomic E-state index is 12.0. The van der Waals surface area contributed by atoms with Crippen LogP contribution in [-0.2, 0) is 11.2 Å². The van der Waals surface area contributed by atoms with Crippen molar-refractivity contribution in [3.63, 3.8) is 0 Å². The van der Waals surface area contributed by atoms with E-state index in [1.165, 1.54) is 0 Å². The summed E-state index contributed by atoms with van der Waals surface area (Å²) in [5.74, 6) is 1.82. The molecule has 0 aliphatic heterocycles. The normalized spacial score (nSPS) is 12.2. The second-order valence-electron chi connectivity index (χ2n) is 5.91. The number of carbonyl (C=O) groups excluding carboxylic acids is 1. The van der Waals surface area contributed by atoms with Crippen LogP contribution in [0.1, 0.15) is 32.1 Å². The molecule has 0 saturated heterocycles. The van der Waals surface area contributed by atoms with E-state index in [1.54, 1.807) is 11.8 Å². The lowest BCUT2D eigenvalue weighted by Gasteiger charge is -2.14. The van der Waals surface area contributed by atoms with Gasteiger partial charge in [-0.3, -0.25) is 4.79 Å². The van der Waals surface area contributed by atoms with Crippen molar-refractivity contribution < 1.29 is 4.79 Å². The van der Waals surface area contributed by atoms with Crippen molar-refractivity contribution >= 4 is 41.1 Å². The zero-order valence-corrected chi connectivity index (χ0v) is 16.1. The number of para-hydroxylation sites is 2. The lowest BCUT2D eigenvalue weighted by molar-refractivity contribution is -0.122. The van der Waals surface area contributed by atoms with Gasteiger partial charge in [-0.15, -0.1) is 12.4 Å². The predicted molar refractivity (Wildman–Crippen MR) is 105 cm³/mol. The Balaban J connectivity index is 0.00000288. The van der Waals surface area contributed by atoms with E-state index in [4.69, 9.17) is 10.7 Å². The molecule has 1 atom stereocenters. The largest absolute Gasteiger partial charge is 0.354 e. The molecule has 0 fully saturated rings. The van der Waals surface area contributed by atoms with Crippen LogP contribution in [0.4, 0.5) is 0 Å². The highest BCUT2D eigenvalue weighted by Gasteiger charge is 2.15. The number of thioether (sulfide) groups is 1. The Morgan fingerprint density at radius 2 is 2.08 bits per heavy atom. The maximum atomic E-state index is 12.0. The average Bonchev–Trinajstić information content (AvgIpc) is 2.90. The van der Waals surface area contributed by atoms with Crippen LogP contribution in [0.3, 0.4) is 0 Å². The summed E-state index contributed by atoms with van der Waals surface area (Å²) in [5, 5.41) is 2.92. The second-order valence-corrected chi connectivity index (χ2v) is 6.90. The molecule has 134 valence electrons. The third-order valence-electron chi connectivity index (χ3n) is 3.80. The van der Waals surface area contributed by atoms with Crippen molar-refractivity contribution in [1.82, 2.24) is 14.9 Å². The monoisotopic (exact) mass is 370 g/mol. The first-order valence-corrected chi connectivity index (χ1v) is 9.42. The Hall–Kier alpha value is -1.24. The zero-order valence-electron chi connectivity index (χ0n) is 14.5. The van der Waals surface area contributed by atoms with E-state index >= 15 is 0 Å². The van der Waals surface area contributed by atoms with Crippen LogP contribution in [0.5, 0.6) is 0 Å². The van der Waals surface area contributed by atoms with Crippen LogP contribution in [0, 0.1) is 0 Å². The number of benzene rings is 1. The average molecular weight is 371 g/mol. The van der Waals surface area contributed by atoms with E-state index in [0.717, 1.165) is 22.6 Å². The van der Waals surface area contributed by atoms with Gasteiger partial charge in [0.1, 0.15) is 5.82 Å². The first-order valence-electron chi connectivity index (χ1n) is 8.02. The number of halogens is 1. The van der Waals surface area contributed by atoms with Gasteiger partial charge < -0.3 is 15.6 Å². The van der Waals surface area contributed by atoms with Crippen LogP contribution < -0.4 is 11.1 Å². The Bertz CT molecular complexity index is 659. The lowest BCUT2D eigenvalue weighted by atomic mass is 10.2. The number of hydrogen-bond donors (Lipinski definition) is 2. The Morgan fingerprint density at radius 1 is 1.38 bits per heavy atom. The smallest absolute Gasteiger partial charge is 0.236 e. The second kappa shape index (κ2) is 9.91. The molecule has 2 rings (SSSR count). The van der Waals surface area contributed by atoms with Gasteiger partial charge in [0.25, 0.3) is 0 Å². The number of imidazole rings is 1. The third kappa shape index (κ3) is 5.13. The van der Waals surface area contributed by atoms with Crippen LogP contribution in [-0.4, -0.2) is 40.1 Å². The fourth-order valence-corrected chi connectivity index (χ4v) is 3.14. The molecule has 0 bridgehead atoms. The minimum Gasteiger partial charge on any atom is -0.354 e. The van der Waals surface area contributed by atoms with Crippen molar-refractivity contribution in [3.05, 3.63) is 30.1 Å². The van der Waals surface area contributed by atoms with Gasteiger partial charge in [-0.25, -0.2) is 4.98 Å².